The summed E-state index contributed by atoms with van der Waals surface area (Å²) in [4.78, 5) is 17.1. The van der Waals surface area contributed by atoms with E-state index >= 15 is 0 Å². The lowest BCUT2D eigenvalue weighted by Crippen LogP contribution is -2.43. The van der Waals surface area contributed by atoms with Gasteiger partial charge in [-0.1, -0.05) is 26.7 Å². The third kappa shape index (κ3) is 3.54. The third-order valence-corrected chi connectivity index (χ3v) is 5.00. The van der Waals surface area contributed by atoms with Crippen molar-refractivity contribution < 1.29 is 9.90 Å². The fourth-order valence-electron chi connectivity index (χ4n) is 2.52. The Labute approximate surface area is 118 Å². The summed E-state index contributed by atoms with van der Waals surface area (Å²) in [7, 11) is 0. The Hall–Kier alpha value is -0.940. The maximum atomic E-state index is 12.2. The molecule has 106 valence electrons. The first-order chi connectivity index (χ1) is 9.11. The van der Waals surface area contributed by atoms with Gasteiger partial charge >= 0.3 is 0 Å². The maximum Gasteiger partial charge on any atom is 0.263 e. The number of nitrogens with one attached hydrogen (secondary N) is 1. The van der Waals surface area contributed by atoms with E-state index in [0.717, 1.165) is 30.7 Å². The Morgan fingerprint density at radius 1 is 1.53 bits per heavy atom. The predicted octanol–water partition coefficient (Wildman–Crippen LogP) is 2.55. The lowest BCUT2D eigenvalue weighted by Gasteiger charge is -2.30. The minimum atomic E-state index is -0.0465. The molecule has 1 amide bonds. The van der Waals surface area contributed by atoms with Crippen LogP contribution >= 0.6 is 11.3 Å². The van der Waals surface area contributed by atoms with Crippen molar-refractivity contribution in [3.8, 4) is 0 Å². The van der Waals surface area contributed by atoms with Gasteiger partial charge in [-0.25, -0.2) is 4.98 Å². The Morgan fingerprint density at radius 3 is 2.89 bits per heavy atom. The van der Waals surface area contributed by atoms with Crippen LogP contribution < -0.4 is 5.32 Å². The first kappa shape index (κ1) is 14.5. The van der Waals surface area contributed by atoms with Crippen molar-refractivity contribution in [1.29, 1.82) is 0 Å². The van der Waals surface area contributed by atoms with Crippen LogP contribution in [0.25, 0.3) is 0 Å². The number of aromatic nitrogens is 1. The van der Waals surface area contributed by atoms with E-state index < -0.39 is 0 Å². The molecule has 1 heterocycles. The van der Waals surface area contributed by atoms with E-state index in [9.17, 15) is 9.90 Å². The number of thiazole rings is 1. The van der Waals surface area contributed by atoms with Gasteiger partial charge in [-0.15, -0.1) is 11.3 Å². The number of carbonyl (C=O) groups is 1. The van der Waals surface area contributed by atoms with E-state index in [0.29, 0.717) is 10.8 Å². The summed E-state index contributed by atoms with van der Waals surface area (Å²) < 4.78 is 0. The van der Waals surface area contributed by atoms with Crippen molar-refractivity contribution in [2.45, 2.75) is 51.5 Å². The van der Waals surface area contributed by atoms with Crippen molar-refractivity contribution >= 4 is 17.2 Å². The van der Waals surface area contributed by atoms with Crippen molar-refractivity contribution in [2.24, 2.45) is 5.92 Å². The third-order valence-electron chi connectivity index (χ3n) is 3.70. The molecule has 5 heteroatoms. The second-order valence-electron chi connectivity index (χ2n) is 5.52. The highest BCUT2D eigenvalue weighted by atomic mass is 32.1. The van der Waals surface area contributed by atoms with Crippen molar-refractivity contribution in [2.75, 3.05) is 6.61 Å². The molecule has 1 aliphatic carbocycles. The van der Waals surface area contributed by atoms with Crippen LogP contribution in [0, 0.1) is 5.92 Å². The number of hydrogen-bond donors (Lipinski definition) is 2. The Balaban J connectivity index is 1.99. The molecule has 2 atom stereocenters. The summed E-state index contributed by atoms with van der Waals surface area (Å²) >= 11 is 1.46. The van der Waals surface area contributed by atoms with Crippen LogP contribution in [0.5, 0.6) is 0 Å². The molecule has 2 unspecified atom stereocenters. The fourth-order valence-corrected chi connectivity index (χ4v) is 3.34. The zero-order valence-electron chi connectivity index (χ0n) is 11.6. The first-order valence-corrected chi connectivity index (χ1v) is 7.81. The minimum Gasteiger partial charge on any atom is -0.396 e. The molecule has 0 bridgehead atoms. The quantitative estimate of drug-likeness (QED) is 0.892. The number of carbonyl (C=O) groups excluding carboxylic acids is 1. The molecule has 0 spiro atoms. The van der Waals surface area contributed by atoms with Crippen LogP contribution in [0.2, 0.25) is 0 Å². The van der Waals surface area contributed by atoms with E-state index in [1.807, 2.05) is 0 Å². The highest BCUT2D eigenvalue weighted by molar-refractivity contribution is 7.13. The van der Waals surface area contributed by atoms with Crippen LogP contribution in [0.4, 0.5) is 0 Å². The predicted molar refractivity (Wildman–Crippen MR) is 76.5 cm³/mol. The molecular weight excluding hydrogens is 260 g/mol. The van der Waals surface area contributed by atoms with Crippen LogP contribution in [0.15, 0.2) is 6.20 Å². The number of aliphatic hydroxyl groups excluding tert-OH is 1. The molecule has 1 saturated carbocycles. The monoisotopic (exact) mass is 282 g/mol. The normalized spacial score (nSPS) is 23.6. The van der Waals surface area contributed by atoms with Gasteiger partial charge in [0.05, 0.1) is 11.2 Å². The van der Waals surface area contributed by atoms with Gasteiger partial charge in [-0.3, -0.25) is 4.79 Å². The van der Waals surface area contributed by atoms with Crippen LogP contribution in [0.3, 0.4) is 0 Å². The molecular formula is C14H22N2O2S. The van der Waals surface area contributed by atoms with E-state index in [-0.39, 0.29) is 24.5 Å². The largest absolute Gasteiger partial charge is 0.396 e. The highest BCUT2D eigenvalue weighted by Crippen LogP contribution is 2.25. The molecule has 19 heavy (non-hydrogen) atoms. The molecule has 1 aliphatic rings. The Kier molecular flexibility index (Phi) is 4.93. The highest BCUT2D eigenvalue weighted by Gasteiger charge is 2.26. The Morgan fingerprint density at radius 2 is 2.26 bits per heavy atom. The number of hydrogen-bond acceptors (Lipinski definition) is 4. The van der Waals surface area contributed by atoms with Gasteiger partial charge in [0.1, 0.15) is 4.88 Å². The molecule has 0 aromatic carbocycles. The minimum absolute atomic E-state index is 0.0465. The molecule has 4 nitrogen and oxygen atoms in total. The number of rotatable bonds is 4. The first-order valence-electron chi connectivity index (χ1n) is 6.99. The molecule has 1 aromatic rings. The van der Waals surface area contributed by atoms with Gasteiger partial charge in [-0.2, -0.15) is 0 Å². The summed E-state index contributed by atoms with van der Waals surface area (Å²) in [6.07, 6.45) is 5.90. The average molecular weight is 282 g/mol. The van der Waals surface area contributed by atoms with Gasteiger partial charge in [0.15, 0.2) is 0 Å². The molecule has 0 aliphatic heterocycles. The Bertz CT molecular complexity index is 431. The summed E-state index contributed by atoms with van der Waals surface area (Å²) in [5.41, 5.74) is 0. The maximum absolute atomic E-state index is 12.2. The van der Waals surface area contributed by atoms with E-state index in [1.165, 1.54) is 11.3 Å². The van der Waals surface area contributed by atoms with Gasteiger partial charge in [-0.05, 0) is 12.8 Å². The summed E-state index contributed by atoms with van der Waals surface area (Å²) in [5, 5.41) is 13.4. The second-order valence-corrected chi connectivity index (χ2v) is 6.59. The molecule has 1 fully saturated rings. The van der Waals surface area contributed by atoms with Crippen LogP contribution in [0.1, 0.15) is 60.1 Å². The van der Waals surface area contributed by atoms with Gasteiger partial charge < -0.3 is 10.4 Å². The van der Waals surface area contributed by atoms with E-state index in [4.69, 9.17) is 0 Å². The van der Waals surface area contributed by atoms with Gasteiger partial charge in [0.25, 0.3) is 5.91 Å². The van der Waals surface area contributed by atoms with E-state index in [2.05, 4.69) is 24.1 Å². The van der Waals surface area contributed by atoms with Crippen molar-refractivity contribution in [1.82, 2.24) is 10.3 Å². The zero-order valence-corrected chi connectivity index (χ0v) is 12.4. The van der Waals surface area contributed by atoms with E-state index in [1.54, 1.807) is 6.20 Å². The molecule has 2 rings (SSSR count). The smallest absolute Gasteiger partial charge is 0.263 e. The fraction of sp³-hybridized carbons (Fsp3) is 0.714. The molecule has 0 saturated heterocycles. The molecule has 1 aromatic heterocycles. The molecule has 2 N–H and O–H groups in total. The standard InChI is InChI=1S/C14H22N2O2S/c1-9(2)14-15-7-12(19-14)13(18)16-11-6-4-3-5-10(11)8-17/h7,9-11,17H,3-6,8H2,1-2H3,(H,16,18). The summed E-state index contributed by atoms with van der Waals surface area (Å²) in [6.45, 7) is 4.30. The lowest BCUT2D eigenvalue weighted by atomic mass is 9.85. The topological polar surface area (TPSA) is 62.2 Å². The van der Waals surface area contributed by atoms with Crippen molar-refractivity contribution in [3.05, 3.63) is 16.1 Å². The molecule has 0 radical (unpaired) electrons. The zero-order chi connectivity index (χ0) is 13.8. The van der Waals surface area contributed by atoms with Gasteiger partial charge in [0.2, 0.25) is 0 Å². The van der Waals surface area contributed by atoms with Crippen LogP contribution in [-0.4, -0.2) is 28.6 Å². The van der Waals surface area contributed by atoms with Gasteiger partial charge in [0, 0.05) is 24.5 Å². The number of aliphatic hydroxyl groups is 1. The lowest BCUT2D eigenvalue weighted by molar-refractivity contribution is 0.0876. The van der Waals surface area contributed by atoms with Crippen molar-refractivity contribution in [3.63, 3.8) is 0 Å². The SMILES string of the molecule is CC(C)c1ncc(C(=O)NC2CCCCC2CO)s1. The summed E-state index contributed by atoms with van der Waals surface area (Å²) in [5.74, 6) is 0.511. The summed E-state index contributed by atoms with van der Waals surface area (Å²) in [6, 6.07) is 0.107. The number of amides is 1. The van der Waals surface area contributed by atoms with Crippen LogP contribution in [-0.2, 0) is 0 Å². The number of nitrogens with zero attached hydrogens (tertiary/aromatic N) is 1. The average Bonchev–Trinajstić information content (AvgIpc) is 2.89. The second kappa shape index (κ2) is 6.48.